The van der Waals surface area contributed by atoms with Gasteiger partial charge in [-0.25, -0.2) is 0 Å². The summed E-state index contributed by atoms with van der Waals surface area (Å²) in [5, 5.41) is 2.96. The summed E-state index contributed by atoms with van der Waals surface area (Å²) in [7, 11) is 0. The maximum atomic E-state index is 13.2. The summed E-state index contributed by atoms with van der Waals surface area (Å²) in [6.07, 6.45) is 3.48. The Balaban J connectivity index is 1.73. The fourth-order valence-corrected chi connectivity index (χ4v) is 4.21. The number of benzene rings is 2. The molecule has 0 fully saturated rings. The SMILES string of the molecule is CSCC[C@@H](NC(=O)c1ccccc1Br)C(=O)N1CCc2ccccc2C1. The van der Waals surface area contributed by atoms with Gasteiger partial charge in [0.25, 0.3) is 5.91 Å². The van der Waals surface area contributed by atoms with E-state index in [0.29, 0.717) is 25.1 Å². The van der Waals surface area contributed by atoms with E-state index in [9.17, 15) is 9.59 Å². The Morgan fingerprint density at radius 2 is 1.85 bits per heavy atom. The number of fused-ring (bicyclic) bond motifs is 1. The first-order valence-corrected chi connectivity index (χ1v) is 11.2. The summed E-state index contributed by atoms with van der Waals surface area (Å²) in [5.74, 6) is 0.593. The van der Waals surface area contributed by atoms with Crippen molar-refractivity contribution < 1.29 is 9.59 Å². The fourth-order valence-electron chi connectivity index (χ4n) is 3.28. The highest BCUT2D eigenvalue weighted by molar-refractivity contribution is 9.10. The zero-order valence-corrected chi connectivity index (χ0v) is 17.7. The molecule has 1 aliphatic rings. The van der Waals surface area contributed by atoms with Crippen LogP contribution in [0.3, 0.4) is 0 Å². The number of thioether (sulfide) groups is 1. The molecule has 1 heterocycles. The summed E-state index contributed by atoms with van der Waals surface area (Å²) in [6, 6.07) is 15.0. The number of carbonyl (C=O) groups excluding carboxylic acids is 2. The van der Waals surface area contributed by atoms with Crippen LogP contribution in [0.4, 0.5) is 0 Å². The number of nitrogens with zero attached hydrogens (tertiary/aromatic N) is 1. The van der Waals surface area contributed by atoms with Crippen LogP contribution in [0, 0.1) is 0 Å². The normalized spacial score (nSPS) is 14.4. The molecule has 0 bridgehead atoms. The van der Waals surface area contributed by atoms with E-state index in [-0.39, 0.29) is 11.8 Å². The molecule has 0 unspecified atom stereocenters. The Hall–Kier alpha value is -1.79. The van der Waals surface area contributed by atoms with Gasteiger partial charge in [0.2, 0.25) is 5.91 Å². The lowest BCUT2D eigenvalue weighted by Gasteiger charge is -2.32. The molecule has 27 heavy (non-hydrogen) atoms. The van der Waals surface area contributed by atoms with Gasteiger partial charge in [0, 0.05) is 17.6 Å². The minimum absolute atomic E-state index is 0.000966. The number of hydrogen-bond acceptors (Lipinski definition) is 3. The quantitative estimate of drug-likeness (QED) is 0.731. The zero-order valence-electron chi connectivity index (χ0n) is 15.3. The second-order valence-electron chi connectivity index (χ2n) is 6.57. The van der Waals surface area contributed by atoms with E-state index in [1.54, 1.807) is 17.8 Å². The predicted octanol–water partition coefficient (Wildman–Crippen LogP) is 3.89. The summed E-state index contributed by atoms with van der Waals surface area (Å²) in [5.41, 5.74) is 3.04. The Bertz CT molecular complexity index is 827. The van der Waals surface area contributed by atoms with Crippen LogP contribution in [0.1, 0.15) is 27.9 Å². The van der Waals surface area contributed by atoms with E-state index in [1.807, 2.05) is 41.5 Å². The van der Waals surface area contributed by atoms with Crippen LogP contribution >= 0.6 is 27.7 Å². The van der Waals surface area contributed by atoms with Gasteiger partial charge in [-0.3, -0.25) is 9.59 Å². The van der Waals surface area contributed by atoms with Crippen molar-refractivity contribution in [1.82, 2.24) is 10.2 Å². The van der Waals surface area contributed by atoms with Crippen LogP contribution in [0.25, 0.3) is 0 Å². The zero-order chi connectivity index (χ0) is 19.2. The lowest BCUT2D eigenvalue weighted by molar-refractivity contribution is -0.134. The van der Waals surface area contributed by atoms with E-state index >= 15 is 0 Å². The number of carbonyl (C=O) groups is 2. The predicted molar refractivity (Wildman–Crippen MR) is 114 cm³/mol. The molecule has 2 aromatic rings. The van der Waals surface area contributed by atoms with E-state index in [0.717, 1.165) is 16.6 Å². The smallest absolute Gasteiger partial charge is 0.253 e. The molecule has 6 heteroatoms. The van der Waals surface area contributed by atoms with Crippen molar-refractivity contribution >= 4 is 39.5 Å². The highest BCUT2D eigenvalue weighted by Crippen LogP contribution is 2.21. The fraction of sp³-hybridized carbons (Fsp3) is 0.333. The van der Waals surface area contributed by atoms with Crippen molar-refractivity contribution in [2.75, 3.05) is 18.6 Å². The van der Waals surface area contributed by atoms with E-state index < -0.39 is 6.04 Å². The van der Waals surface area contributed by atoms with E-state index in [2.05, 4.69) is 33.4 Å². The number of nitrogens with one attached hydrogen (secondary N) is 1. The summed E-state index contributed by atoms with van der Waals surface area (Å²) >= 11 is 5.09. The third-order valence-electron chi connectivity index (χ3n) is 4.77. The molecule has 0 aliphatic carbocycles. The van der Waals surface area contributed by atoms with Gasteiger partial charge >= 0.3 is 0 Å². The van der Waals surface area contributed by atoms with Crippen LogP contribution in [0.15, 0.2) is 53.0 Å². The van der Waals surface area contributed by atoms with Gasteiger partial charge in [-0.1, -0.05) is 36.4 Å². The van der Waals surface area contributed by atoms with E-state index in [4.69, 9.17) is 0 Å². The van der Waals surface area contributed by atoms with Crippen LogP contribution in [0.2, 0.25) is 0 Å². The standard InChI is InChI=1S/C21H23BrN2O2S/c1-27-13-11-19(23-20(25)17-8-4-5-9-18(17)22)21(26)24-12-10-15-6-2-3-7-16(15)14-24/h2-9,19H,10-14H2,1H3,(H,23,25)/t19-/m1/s1. The van der Waals surface area contributed by atoms with Gasteiger partial charge in [0.15, 0.2) is 0 Å². The third kappa shape index (κ3) is 4.93. The minimum Gasteiger partial charge on any atom is -0.340 e. The second-order valence-corrected chi connectivity index (χ2v) is 8.41. The molecule has 0 saturated carbocycles. The van der Waals surface area contributed by atoms with E-state index in [1.165, 1.54) is 11.1 Å². The van der Waals surface area contributed by atoms with Crippen LogP contribution < -0.4 is 5.32 Å². The van der Waals surface area contributed by atoms with Gasteiger partial charge in [-0.15, -0.1) is 0 Å². The van der Waals surface area contributed by atoms with Crippen molar-refractivity contribution in [3.05, 3.63) is 69.7 Å². The van der Waals surface area contributed by atoms with Crippen molar-refractivity contribution in [3.8, 4) is 0 Å². The molecule has 4 nitrogen and oxygen atoms in total. The molecule has 0 radical (unpaired) electrons. The third-order valence-corrected chi connectivity index (χ3v) is 6.11. The average Bonchev–Trinajstić information content (AvgIpc) is 2.70. The van der Waals surface area contributed by atoms with Gasteiger partial charge in [-0.05, 0) is 64.0 Å². The number of hydrogen-bond donors (Lipinski definition) is 1. The van der Waals surface area contributed by atoms with Gasteiger partial charge in [-0.2, -0.15) is 11.8 Å². The van der Waals surface area contributed by atoms with Crippen LogP contribution in [0.5, 0.6) is 0 Å². The molecule has 0 spiro atoms. The van der Waals surface area contributed by atoms with Crippen molar-refractivity contribution in [2.24, 2.45) is 0 Å². The highest BCUT2D eigenvalue weighted by Gasteiger charge is 2.28. The maximum Gasteiger partial charge on any atom is 0.253 e. The maximum absolute atomic E-state index is 13.2. The first-order chi connectivity index (χ1) is 13.1. The first-order valence-electron chi connectivity index (χ1n) is 9.00. The van der Waals surface area contributed by atoms with Crippen molar-refractivity contribution in [2.45, 2.75) is 25.4 Å². The Kier molecular flexibility index (Phi) is 6.96. The highest BCUT2D eigenvalue weighted by atomic mass is 79.9. The molecule has 1 atom stereocenters. The van der Waals surface area contributed by atoms with Gasteiger partial charge in [0.1, 0.15) is 6.04 Å². The molecule has 2 amide bonds. The molecule has 2 aromatic carbocycles. The molecule has 3 rings (SSSR count). The lowest BCUT2D eigenvalue weighted by Crippen LogP contribution is -2.50. The molecule has 142 valence electrons. The van der Waals surface area contributed by atoms with Crippen molar-refractivity contribution in [3.63, 3.8) is 0 Å². The molecular formula is C21H23BrN2O2S. The molecule has 1 aliphatic heterocycles. The van der Waals surface area contributed by atoms with Crippen molar-refractivity contribution in [1.29, 1.82) is 0 Å². The largest absolute Gasteiger partial charge is 0.340 e. The topological polar surface area (TPSA) is 49.4 Å². The monoisotopic (exact) mass is 446 g/mol. The van der Waals surface area contributed by atoms with Crippen LogP contribution in [-0.4, -0.2) is 41.3 Å². The molecule has 1 N–H and O–H groups in total. The summed E-state index contributed by atoms with van der Waals surface area (Å²) in [6.45, 7) is 1.30. The lowest BCUT2D eigenvalue weighted by atomic mass is 9.99. The second kappa shape index (κ2) is 9.42. The average molecular weight is 447 g/mol. The number of halogens is 1. The summed E-state index contributed by atoms with van der Waals surface area (Å²) in [4.78, 5) is 27.7. The molecular weight excluding hydrogens is 424 g/mol. The van der Waals surface area contributed by atoms with Crippen LogP contribution in [-0.2, 0) is 17.8 Å². The first kappa shape index (κ1) is 20.0. The van der Waals surface area contributed by atoms with Gasteiger partial charge < -0.3 is 10.2 Å². The summed E-state index contributed by atoms with van der Waals surface area (Å²) < 4.78 is 0.727. The van der Waals surface area contributed by atoms with Gasteiger partial charge in [0.05, 0.1) is 5.56 Å². The Morgan fingerprint density at radius 1 is 1.15 bits per heavy atom. The number of rotatable bonds is 6. The Labute approximate surface area is 172 Å². The number of amides is 2. The Morgan fingerprint density at radius 3 is 2.59 bits per heavy atom. The molecule has 0 saturated heterocycles. The minimum atomic E-state index is -0.512. The molecule has 0 aromatic heterocycles.